The van der Waals surface area contributed by atoms with Gasteiger partial charge in [-0.05, 0) is 57.1 Å². The molecule has 26 heavy (non-hydrogen) atoms. The molecule has 0 spiro atoms. The minimum Gasteiger partial charge on any atom is -0.491 e. The van der Waals surface area contributed by atoms with E-state index in [2.05, 4.69) is 22.2 Å². The molecular weight excluding hydrogens is 330 g/mol. The first-order valence-corrected chi connectivity index (χ1v) is 9.74. The predicted octanol–water partition coefficient (Wildman–Crippen LogP) is 1.61. The zero-order valence-electron chi connectivity index (χ0n) is 15.8. The van der Waals surface area contributed by atoms with Crippen LogP contribution in [0.5, 0.6) is 5.75 Å². The van der Waals surface area contributed by atoms with Gasteiger partial charge >= 0.3 is 0 Å². The van der Waals surface area contributed by atoms with E-state index in [1.807, 2.05) is 24.3 Å². The Bertz CT molecular complexity index is 550. The van der Waals surface area contributed by atoms with Gasteiger partial charge in [0.25, 0.3) is 5.91 Å². The van der Waals surface area contributed by atoms with Crippen molar-refractivity contribution in [1.82, 2.24) is 15.1 Å². The second kappa shape index (κ2) is 9.90. The topological polar surface area (TPSA) is 54.0 Å². The summed E-state index contributed by atoms with van der Waals surface area (Å²) in [6.45, 7) is 7.68. The largest absolute Gasteiger partial charge is 0.491 e. The Labute approximate surface area is 156 Å². The number of hydrogen-bond donors (Lipinski definition) is 1. The molecule has 2 saturated heterocycles. The normalized spacial score (nSPS) is 21.7. The molecule has 1 N–H and O–H groups in total. The smallest absolute Gasteiger partial charge is 0.251 e. The lowest BCUT2D eigenvalue weighted by Gasteiger charge is -2.32. The van der Waals surface area contributed by atoms with Gasteiger partial charge in [0.15, 0.2) is 0 Å². The van der Waals surface area contributed by atoms with Gasteiger partial charge in [0.05, 0.1) is 6.10 Å². The minimum atomic E-state index is -0.0194. The molecule has 1 amide bonds. The third kappa shape index (κ3) is 5.97. The molecule has 0 saturated carbocycles. The van der Waals surface area contributed by atoms with E-state index in [4.69, 9.17) is 9.47 Å². The van der Waals surface area contributed by atoms with Gasteiger partial charge in [0.1, 0.15) is 12.4 Å². The summed E-state index contributed by atoms with van der Waals surface area (Å²) >= 11 is 0. The molecule has 2 aliphatic rings. The van der Waals surface area contributed by atoms with Gasteiger partial charge in [-0.25, -0.2) is 0 Å². The number of carbonyl (C=O) groups excluding carboxylic acids is 1. The second-order valence-corrected chi connectivity index (χ2v) is 7.22. The van der Waals surface area contributed by atoms with E-state index < -0.39 is 0 Å². The van der Waals surface area contributed by atoms with Gasteiger partial charge in [-0.1, -0.05) is 0 Å². The molecule has 3 rings (SSSR count). The summed E-state index contributed by atoms with van der Waals surface area (Å²) in [5.74, 6) is 0.765. The fourth-order valence-corrected chi connectivity index (χ4v) is 3.35. The van der Waals surface area contributed by atoms with Crippen molar-refractivity contribution in [2.75, 3.05) is 59.5 Å². The zero-order chi connectivity index (χ0) is 18.2. The van der Waals surface area contributed by atoms with Gasteiger partial charge in [-0.15, -0.1) is 0 Å². The average Bonchev–Trinajstić information content (AvgIpc) is 3.19. The Kier molecular flexibility index (Phi) is 7.29. The third-order valence-electron chi connectivity index (χ3n) is 5.11. The van der Waals surface area contributed by atoms with Gasteiger partial charge in [0.2, 0.25) is 0 Å². The van der Waals surface area contributed by atoms with Crippen LogP contribution in [0.4, 0.5) is 0 Å². The van der Waals surface area contributed by atoms with Crippen LogP contribution in [0.25, 0.3) is 0 Å². The Morgan fingerprint density at radius 2 is 2.00 bits per heavy atom. The molecule has 1 aromatic rings. The summed E-state index contributed by atoms with van der Waals surface area (Å²) in [6.07, 6.45) is 3.37. The van der Waals surface area contributed by atoms with E-state index in [0.717, 1.165) is 64.3 Å². The van der Waals surface area contributed by atoms with Crippen molar-refractivity contribution in [2.45, 2.75) is 25.4 Å². The molecule has 0 bridgehead atoms. The Hall–Kier alpha value is -1.63. The number of ether oxygens (including phenoxy) is 2. The fourth-order valence-electron chi connectivity index (χ4n) is 3.35. The number of amides is 1. The summed E-state index contributed by atoms with van der Waals surface area (Å²) in [4.78, 5) is 17.0. The molecule has 2 fully saturated rings. The fraction of sp³-hybridized carbons (Fsp3) is 0.650. The molecule has 6 heteroatoms. The molecule has 0 aliphatic carbocycles. The average molecular weight is 361 g/mol. The lowest BCUT2D eigenvalue weighted by Crippen LogP contribution is -2.45. The first-order valence-electron chi connectivity index (χ1n) is 9.74. The van der Waals surface area contributed by atoms with Crippen LogP contribution in [0.3, 0.4) is 0 Å². The van der Waals surface area contributed by atoms with Crippen LogP contribution in [-0.4, -0.2) is 81.3 Å². The molecule has 6 nitrogen and oxygen atoms in total. The molecule has 0 radical (unpaired) electrons. The van der Waals surface area contributed by atoms with E-state index in [9.17, 15) is 4.79 Å². The summed E-state index contributed by atoms with van der Waals surface area (Å²) in [6, 6.07) is 7.35. The molecule has 1 aromatic carbocycles. The van der Waals surface area contributed by atoms with Crippen molar-refractivity contribution in [3.05, 3.63) is 29.8 Å². The van der Waals surface area contributed by atoms with Crippen LogP contribution < -0.4 is 10.1 Å². The second-order valence-electron chi connectivity index (χ2n) is 7.22. The molecular formula is C20H31N3O3. The third-order valence-corrected chi connectivity index (χ3v) is 5.11. The summed E-state index contributed by atoms with van der Waals surface area (Å²) in [5, 5.41) is 3.01. The number of piperazine rings is 1. The van der Waals surface area contributed by atoms with Gasteiger partial charge < -0.3 is 24.6 Å². The summed E-state index contributed by atoms with van der Waals surface area (Å²) in [7, 11) is 2.16. The highest BCUT2D eigenvalue weighted by atomic mass is 16.5. The number of likely N-dealkylation sites (N-methyl/N-ethyl adjacent to an activating group) is 1. The number of rotatable bonds is 8. The predicted molar refractivity (Wildman–Crippen MR) is 102 cm³/mol. The number of nitrogens with one attached hydrogen (secondary N) is 1. The highest BCUT2D eigenvalue weighted by molar-refractivity contribution is 5.94. The first kappa shape index (κ1) is 19.1. The summed E-state index contributed by atoms with van der Waals surface area (Å²) < 4.78 is 11.3. The lowest BCUT2D eigenvalue weighted by molar-refractivity contribution is 0.0679. The van der Waals surface area contributed by atoms with Crippen molar-refractivity contribution < 1.29 is 14.3 Å². The first-order chi connectivity index (χ1) is 12.7. The van der Waals surface area contributed by atoms with Crippen LogP contribution in [0, 0.1) is 0 Å². The molecule has 1 unspecified atom stereocenters. The van der Waals surface area contributed by atoms with E-state index in [-0.39, 0.29) is 12.0 Å². The van der Waals surface area contributed by atoms with E-state index in [1.165, 1.54) is 0 Å². The highest BCUT2D eigenvalue weighted by Gasteiger charge is 2.16. The van der Waals surface area contributed by atoms with E-state index in [0.29, 0.717) is 18.7 Å². The molecule has 2 heterocycles. The van der Waals surface area contributed by atoms with Crippen LogP contribution >= 0.6 is 0 Å². The van der Waals surface area contributed by atoms with E-state index >= 15 is 0 Å². The van der Waals surface area contributed by atoms with Crippen LogP contribution in [0.2, 0.25) is 0 Å². The summed E-state index contributed by atoms with van der Waals surface area (Å²) in [5.41, 5.74) is 0.675. The Balaban J connectivity index is 1.32. The van der Waals surface area contributed by atoms with Gasteiger partial charge in [0, 0.05) is 44.9 Å². The lowest BCUT2D eigenvalue weighted by atomic mass is 10.2. The molecule has 144 valence electrons. The quantitative estimate of drug-likeness (QED) is 0.713. The Morgan fingerprint density at radius 1 is 1.23 bits per heavy atom. The van der Waals surface area contributed by atoms with Crippen molar-refractivity contribution in [3.8, 4) is 5.75 Å². The number of nitrogens with zero attached hydrogens (tertiary/aromatic N) is 2. The molecule has 0 aromatic heterocycles. The van der Waals surface area contributed by atoms with Crippen molar-refractivity contribution in [3.63, 3.8) is 0 Å². The molecule has 2 aliphatic heterocycles. The Morgan fingerprint density at radius 3 is 2.69 bits per heavy atom. The maximum Gasteiger partial charge on any atom is 0.251 e. The van der Waals surface area contributed by atoms with Gasteiger partial charge in [-0.3, -0.25) is 4.79 Å². The monoisotopic (exact) mass is 361 g/mol. The SMILES string of the molecule is CN1CCN(CCCNC(=O)c2ccc(OCC3CCCO3)cc2)CC1. The number of hydrogen-bond acceptors (Lipinski definition) is 5. The maximum absolute atomic E-state index is 12.2. The van der Waals surface area contributed by atoms with Crippen molar-refractivity contribution in [1.29, 1.82) is 0 Å². The van der Waals surface area contributed by atoms with Crippen LogP contribution in [-0.2, 0) is 4.74 Å². The van der Waals surface area contributed by atoms with Crippen LogP contribution in [0.15, 0.2) is 24.3 Å². The number of benzene rings is 1. The van der Waals surface area contributed by atoms with Gasteiger partial charge in [-0.2, -0.15) is 0 Å². The standard InChI is InChI=1S/C20H31N3O3/c1-22-11-13-23(14-12-22)10-3-9-21-20(24)17-5-7-18(8-6-17)26-16-19-4-2-15-25-19/h5-8,19H,2-4,9-16H2,1H3,(H,21,24). The van der Waals surface area contributed by atoms with E-state index in [1.54, 1.807) is 0 Å². The highest BCUT2D eigenvalue weighted by Crippen LogP contribution is 2.16. The van der Waals surface area contributed by atoms with Crippen LogP contribution in [0.1, 0.15) is 29.6 Å². The number of carbonyl (C=O) groups is 1. The van der Waals surface area contributed by atoms with Crippen molar-refractivity contribution in [2.24, 2.45) is 0 Å². The van der Waals surface area contributed by atoms with Crippen molar-refractivity contribution >= 4 is 5.91 Å². The zero-order valence-corrected chi connectivity index (χ0v) is 15.8. The maximum atomic E-state index is 12.2. The minimum absolute atomic E-state index is 0.0194. The molecule has 1 atom stereocenters.